The van der Waals surface area contributed by atoms with Crippen LogP contribution in [-0.4, -0.2) is 63.3 Å². The molecular formula is C45H22B5N5S. The van der Waals surface area contributed by atoms with Crippen LogP contribution in [0.4, 0.5) is 0 Å². The Morgan fingerprint density at radius 2 is 1.04 bits per heavy atom. The summed E-state index contributed by atoms with van der Waals surface area (Å²) in [7, 11) is 32.5. The normalized spacial score (nSPS) is 11.9. The average molecular weight is 719 g/mol. The molecule has 0 unspecified atom stereocenters. The van der Waals surface area contributed by atoms with Crippen LogP contribution in [0.15, 0.2) is 133 Å². The zero-order chi connectivity index (χ0) is 37.8. The Morgan fingerprint density at radius 1 is 0.429 bits per heavy atom. The van der Waals surface area contributed by atoms with E-state index in [2.05, 4.69) is 118 Å². The van der Waals surface area contributed by atoms with Gasteiger partial charge in [-0.1, -0.05) is 102 Å². The van der Waals surface area contributed by atoms with Gasteiger partial charge in [-0.05, 0) is 42.5 Å². The highest BCUT2D eigenvalue weighted by Crippen LogP contribution is 2.43. The van der Waals surface area contributed by atoms with Gasteiger partial charge in [0.2, 0.25) is 5.95 Å². The lowest BCUT2D eigenvalue weighted by Crippen LogP contribution is -2.55. The van der Waals surface area contributed by atoms with Gasteiger partial charge in [0.25, 0.3) is 0 Å². The summed E-state index contributed by atoms with van der Waals surface area (Å²) in [5.41, 5.74) is 6.89. The molecule has 11 rings (SSSR count). The number of para-hydroxylation sites is 3. The van der Waals surface area contributed by atoms with Crippen molar-refractivity contribution in [3.8, 4) is 34.4 Å². The summed E-state index contributed by atoms with van der Waals surface area (Å²) >= 11 is 1.69. The molecule has 0 amide bonds. The summed E-state index contributed by atoms with van der Waals surface area (Å²) in [5.74, 6) is 1.05. The van der Waals surface area contributed by atoms with Crippen molar-refractivity contribution >= 4 is 142 Å². The summed E-state index contributed by atoms with van der Waals surface area (Å²) in [5, 5.41) is 6.69. The van der Waals surface area contributed by atoms with Gasteiger partial charge in [0.1, 0.15) is 39.2 Å². The highest BCUT2D eigenvalue weighted by molar-refractivity contribution is 7.26. The van der Waals surface area contributed by atoms with Crippen LogP contribution in [0.25, 0.3) is 98.2 Å². The molecule has 248 valence electrons. The molecule has 0 N–H and O–H groups in total. The van der Waals surface area contributed by atoms with Crippen molar-refractivity contribution in [2.24, 2.45) is 0 Å². The van der Waals surface area contributed by atoms with E-state index in [-0.39, 0.29) is 33.1 Å². The Hall–Kier alpha value is -6.31. The first-order valence-corrected chi connectivity index (χ1v) is 18.9. The van der Waals surface area contributed by atoms with E-state index in [1.54, 1.807) is 11.3 Å². The van der Waals surface area contributed by atoms with E-state index in [4.69, 9.17) is 54.2 Å². The largest absolute Gasteiger partial charge is 0.309 e. The smallest absolute Gasteiger partial charge is 0.238 e. The van der Waals surface area contributed by atoms with Crippen molar-refractivity contribution in [3.05, 3.63) is 133 Å². The summed E-state index contributed by atoms with van der Waals surface area (Å²) in [6.45, 7) is 0. The maximum Gasteiger partial charge on any atom is 0.238 e. The zero-order valence-corrected chi connectivity index (χ0v) is 30.5. The Kier molecular flexibility index (Phi) is 7.29. The van der Waals surface area contributed by atoms with Gasteiger partial charge in [0.05, 0.1) is 22.1 Å². The molecule has 11 aromatic rings. The van der Waals surface area contributed by atoms with Crippen LogP contribution in [0.3, 0.4) is 0 Å². The van der Waals surface area contributed by atoms with E-state index in [0.717, 1.165) is 75.0 Å². The molecule has 0 fully saturated rings. The number of fused-ring (bicyclic) bond motifs is 10. The lowest BCUT2D eigenvalue weighted by Gasteiger charge is -2.21. The number of thiophene rings is 1. The number of hydrogen-bond donors (Lipinski definition) is 0. The quantitative estimate of drug-likeness (QED) is 0.219. The van der Waals surface area contributed by atoms with E-state index in [9.17, 15) is 0 Å². The van der Waals surface area contributed by atoms with Crippen LogP contribution >= 0.6 is 11.3 Å². The second-order valence-corrected chi connectivity index (χ2v) is 15.0. The zero-order valence-electron chi connectivity index (χ0n) is 29.7. The number of nitrogens with zero attached hydrogens (tertiary/aromatic N) is 5. The number of hydrogen-bond acceptors (Lipinski definition) is 4. The first-order chi connectivity index (χ1) is 27.4. The molecule has 56 heavy (non-hydrogen) atoms. The third-order valence-corrected chi connectivity index (χ3v) is 12.1. The molecule has 0 saturated heterocycles. The van der Waals surface area contributed by atoms with Crippen LogP contribution in [-0.2, 0) is 0 Å². The molecule has 0 bridgehead atoms. The molecule has 0 aliphatic rings. The fourth-order valence-corrected chi connectivity index (χ4v) is 9.49. The van der Waals surface area contributed by atoms with Crippen molar-refractivity contribution in [3.63, 3.8) is 0 Å². The highest BCUT2D eigenvalue weighted by atomic mass is 32.1. The first-order valence-electron chi connectivity index (χ1n) is 18.1. The van der Waals surface area contributed by atoms with Crippen molar-refractivity contribution in [1.82, 2.24) is 24.1 Å². The van der Waals surface area contributed by atoms with E-state index in [1.165, 1.54) is 0 Å². The summed E-state index contributed by atoms with van der Waals surface area (Å²) < 4.78 is 6.65. The Bertz CT molecular complexity index is 3410. The average Bonchev–Trinajstić information content (AvgIpc) is 3.90. The molecule has 0 aliphatic carbocycles. The molecule has 10 radical (unpaired) electrons. The Balaban J connectivity index is 1.29. The van der Waals surface area contributed by atoms with E-state index < -0.39 is 0 Å². The number of rotatable bonds is 4. The van der Waals surface area contributed by atoms with E-state index in [0.29, 0.717) is 17.3 Å². The lowest BCUT2D eigenvalue weighted by molar-refractivity contribution is 0.956. The van der Waals surface area contributed by atoms with Gasteiger partial charge in [0, 0.05) is 58.5 Å². The molecule has 4 aromatic heterocycles. The fraction of sp³-hybridized carbons (Fsp3) is 0. The minimum absolute atomic E-state index is 0.119. The van der Waals surface area contributed by atoms with Crippen LogP contribution in [0.2, 0.25) is 0 Å². The molecule has 4 heterocycles. The SMILES string of the molecule is [B]c1c([B])c([B])c(-c2nc(-c3cccc4c3sc3ccccc34)nc(-n3c4ccccc4c4c3ccc3c5ccccc5n(-c5ccccc5)c34)n2)c([B])c1[B]. The van der Waals surface area contributed by atoms with Crippen LogP contribution < -0.4 is 27.3 Å². The summed E-state index contributed by atoms with van der Waals surface area (Å²) in [6.07, 6.45) is 0. The third-order valence-electron chi connectivity index (χ3n) is 10.9. The van der Waals surface area contributed by atoms with Crippen molar-refractivity contribution in [2.75, 3.05) is 0 Å². The molecular weight excluding hydrogens is 697 g/mol. The van der Waals surface area contributed by atoms with Gasteiger partial charge >= 0.3 is 0 Å². The Labute approximate surface area is 332 Å². The Morgan fingerprint density at radius 3 is 1.80 bits per heavy atom. The summed E-state index contributed by atoms with van der Waals surface area (Å²) in [6, 6.07) is 46.2. The number of benzene rings is 7. The van der Waals surface area contributed by atoms with Crippen LogP contribution in [0.1, 0.15) is 0 Å². The molecule has 0 atom stereocenters. The molecule has 5 nitrogen and oxygen atoms in total. The second-order valence-electron chi connectivity index (χ2n) is 13.9. The molecule has 0 spiro atoms. The predicted octanol–water partition coefficient (Wildman–Crippen LogP) is 5.74. The fourth-order valence-electron chi connectivity index (χ4n) is 8.28. The first kappa shape index (κ1) is 33.1. The van der Waals surface area contributed by atoms with Gasteiger partial charge in [0.15, 0.2) is 11.6 Å². The standard InChI is InChI=1S/C45H22B5N5S/c46-36-35(37(47)39(49)40(50)38(36)48)44-51-43(29-17-10-16-27-25-14-6-9-20-33(25)56-42(27)29)52-45(53-44)55-31-19-8-5-15-28(31)34-32(55)22-21-26-24-13-4-7-18-30(24)54(41(26)34)23-11-2-1-3-12-23/h1-22H. The second kappa shape index (κ2) is 12.4. The third kappa shape index (κ3) is 4.64. The minimum Gasteiger partial charge on any atom is -0.309 e. The topological polar surface area (TPSA) is 48.5 Å². The molecule has 0 aliphatic heterocycles. The van der Waals surface area contributed by atoms with Crippen LogP contribution in [0.5, 0.6) is 0 Å². The highest BCUT2D eigenvalue weighted by Gasteiger charge is 2.24. The van der Waals surface area contributed by atoms with Gasteiger partial charge in [-0.2, -0.15) is 9.97 Å². The monoisotopic (exact) mass is 719 g/mol. The van der Waals surface area contributed by atoms with Gasteiger partial charge < -0.3 is 4.57 Å². The molecule has 0 saturated carbocycles. The van der Waals surface area contributed by atoms with Crippen molar-refractivity contribution in [2.45, 2.75) is 0 Å². The van der Waals surface area contributed by atoms with Crippen LogP contribution in [0, 0.1) is 0 Å². The van der Waals surface area contributed by atoms with E-state index >= 15 is 0 Å². The number of aromatic nitrogens is 5. The van der Waals surface area contributed by atoms with Crippen molar-refractivity contribution in [1.29, 1.82) is 0 Å². The van der Waals surface area contributed by atoms with E-state index in [1.807, 2.05) is 24.3 Å². The maximum absolute atomic E-state index is 6.69. The predicted molar refractivity (Wildman–Crippen MR) is 239 cm³/mol. The molecule has 7 aromatic carbocycles. The van der Waals surface area contributed by atoms with Gasteiger partial charge in [-0.25, -0.2) is 4.98 Å². The molecule has 11 heteroatoms. The van der Waals surface area contributed by atoms with Gasteiger partial charge in [-0.3, -0.25) is 4.57 Å². The summed E-state index contributed by atoms with van der Waals surface area (Å²) in [4.78, 5) is 15.5. The minimum atomic E-state index is 0.119. The van der Waals surface area contributed by atoms with Crippen molar-refractivity contribution < 1.29 is 0 Å². The maximum atomic E-state index is 6.69. The lowest BCUT2D eigenvalue weighted by atomic mass is 9.60. The van der Waals surface area contributed by atoms with Gasteiger partial charge in [-0.15, -0.1) is 27.7 Å².